The molecule has 3 nitrogen and oxygen atoms in total. The lowest BCUT2D eigenvalue weighted by Crippen LogP contribution is -2.29. The summed E-state index contributed by atoms with van der Waals surface area (Å²) in [6, 6.07) is 7.10. The first-order valence-corrected chi connectivity index (χ1v) is 4.87. The van der Waals surface area contributed by atoms with E-state index in [0.29, 0.717) is 12.0 Å². The maximum absolute atomic E-state index is 13.0. The Bertz CT molecular complexity index is 411. The Morgan fingerprint density at radius 2 is 2.27 bits per heavy atom. The molecule has 15 heavy (non-hydrogen) atoms. The van der Waals surface area contributed by atoms with Crippen LogP contribution in [0.1, 0.15) is 23.6 Å². The highest BCUT2D eigenvalue weighted by molar-refractivity contribution is 5.27. The molecule has 1 aliphatic heterocycles. The van der Waals surface area contributed by atoms with Crippen molar-refractivity contribution in [2.24, 2.45) is 0 Å². The van der Waals surface area contributed by atoms with Gasteiger partial charge in [0.15, 0.2) is 0 Å². The topological polar surface area (TPSA) is 47.9 Å². The van der Waals surface area contributed by atoms with Gasteiger partial charge in [0.25, 0.3) is 0 Å². The summed E-state index contributed by atoms with van der Waals surface area (Å²) in [5.41, 5.74) is 7.56. The SMILES string of the molecule is Cc1cc(C2CC(C#N)NN2)ccc1F. The zero-order valence-electron chi connectivity index (χ0n) is 8.42. The molecule has 0 saturated carbocycles. The van der Waals surface area contributed by atoms with Crippen LogP contribution in [-0.4, -0.2) is 6.04 Å². The smallest absolute Gasteiger partial charge is 0.126 e. The van der Waals surface area contributed by atoms with E-state index >= 15 is 0 Å². The van der Waals surface area contributed by atoms with Crippen LogP contribution in [0.15, 0.2) is 18.2 Å². The van der Waals surface area contributed by atoms with Crippen molar-refractivity contribution >= 4 is 0 Å². The van der Waals surface area contributed by atoms with Crippen molar-refractivity contribution in [3.8, 4) is 6.07 Å². The molecule has 2 rings (SSSR count). The molecule has 0 aliphatic carbocycles. The number of hydrogen-bond acceptors (Lipinski definition) is 3. The van der Waals surface area contributed by atoms with E-state index in [1.807, 2.05) is 6.07 Å². The van der Waals surface area contributed by atoms with E-state index in [4.69, 9.17) is 5.26 Å². The van der Waals surface area contributed by atoms with Crippen LogP contribution in [0.2, 0.25) is 0 Å². The minimum Gasteiger partial charge on any atom is -0.249 e. The lowest BCUT2D eigenvalue weighted by Gasteiger charge is -2.10. The molecule has 78 valence electrons. The lowest BCUT2D eigenvalue weighted by molar-refractivity contribution is 0.569. The molecule has 1 fully saturated rings. The fraction of sp³-hybridized carbons (Fsp3) is 0.364. The fourth-order valence-corrected chi connectivity index (χ4v) is 1.74. The highest BCUT2D eigenvalue weighted by Crippen LogP contribution is 2.23. The molecular formula is C11H12FN3. The Kier molecular flexibility index (Phi) is 2.67. The monoisotopic (exact) mass is 205 g/mol. The van der Waals surface area contributed by atoms with Crippen LogP contribution in [0, 0.1) is 24.1 Å². The van der Waals surface area contributed by atoms with Crippen LogP contribution in [0.3, 0.4) is 0 Å². The first kappa shape index (κ1) is 10.1. The second-order valence-electron chi connectivity index (χ2n) is 3.77. The molecule has 0 aromatic heterocycles. The van der Waals surface area contributed by atoms with Gasteiger partial charge in [-0.1, -0.05) is 12.1 Å². The molecule has 2 N–H and O–H groups in total. The molecule has 0 spiro atoms. The number of nitrogens with one attached hydrogen (secondary N) is 2. The number of nitrogens with zero attached hydrogens (tertiary/aromatic N) is 1. The third-order valence-electron chi connectivity index (χ3n) is 2.64. The van der Waals surface area contributed by atoms with Crippen molar-refractivity contribution in [2.75, 3.05) is 0 Å². The third kappa shape index (κ3) is 1.99. The van der Waals surface area contributed by atoms with Crippen LogP contribution in [0.4, 0.5) is 4.39 Å². The molecule has 1 heterocycles. The van der Waals surface area contributed by atoms with Crippen LogP contribution in [0.5, 0.6) is 0 Å². The molecule has 1 aromatic rings. The van der Waals surface area contributed by atoms with Gasteiger partial charge in [0, 0.05) is 6.04 Å². The Balaban J connectivity index is 2.18. The van der Waals surface area contributed by atoms with Gasteiger partial charge in [-0.25, -0.2) is 15.2 Å². The molecular weight excluding hydrogens is 193 g/mol. The Hall–Kier alpha value is -1.44. The highest BCUT2D eigenvalue weighted by Gasteiger charge is 2.24. The van der Waals surface area contributed by atoms with Crippen molar-refractivity contribution in [2.45, 2.75) is 25.4 Å². The number of aryl methyl sites for hydroxylation is 1. The first-order valence-electron chi connectivity index (χ1n) is 4.87. The summed E-state index contributed by atoms with van der Waals surface area (Å²) in [6.07, 6.45) is 0.710. The maximum Gasteiger partial charge on any atom is 0.126 e. The highest BCUT2D eigenvalue weighted by atomic mass is 19.1. The number of rotatable bonds is 1. The lowest BCUT2D eigenvalue weighted by atomic mass is 10.0. The standard InChI is InChI=1S/C11H12FN3/c1-7-4-8(2-3-10(7)12)11-5-9(6-13)14-15-11/h2-4,9,11,14-15H,5H2,1H3. The van der Waals surface area contributed by atoms with Gasteiger partial charge in [-0.2, -0.15) is 5.26 Å². The van der Waals surface area contributed by atoms with E-state index in [1.165, 1.54) is 6.07 Å². The summed E-state index contributed by atoms with van der Waals surface area (Å²) in [5, 5.41) is 8.72. The van der Waals surface area contributed by atoms with Crippen molar-refractivity contribution < 1.29 is 4.39 Å². The number of benzene rings is 1. The van der Waals surface area contributed by atoms with E-state index in [2.05, 4.69) is 16.9 Å². The predicted octanol–water partition coefficient (Wildman–Crippen LogP) is 1.57. The number of hydrazine groups is 1. The van der Waals surface area contributed by atoms with Crippen LogP contribution in [-0.2, 0) is 0 Å². The van der Waals surface area contributed by atoms with Gasteiger partial charge < -0.3 is 0 Å². The van der Waals surface area contributed by atoms with Gasteiger partial charge >= 0.3 is 0 Å². The molecule has 2 unspecified atom stereocenters. The van der Waals surface area contributed by atoms with Gasteiger partial charge in [0.05, 0.1) is 6.07 Å². The van der Waals surface area contributed by atoms with Gasteiger partial charge in [-0.3, -0.25) is 0 Å². The molecule has 2 atom stereocenters. The largest absolute Gasteiger partial charge is 0.249 e. The van der Waals surface area contributed by atoms with E-state index in [1.54, 1.807) is 13.0 Å². The summed E-state index contributed by atoms with van der Waals surface area (Å²) in [5.74, 6) is -0.193. The second-order valence-corrected chi connectivity index (χ2v) is 3.77. The second kappa shape index (κ2) is 3.97. The van der Waals surface area contributed by atoms with E-state index in [9.17, 15) is 4.39 Å². The van der Waals surface area contributed by atoms with E-state index < -0.39 is 0 Å². The minimum absolute atomic E-state index is 0.0916. The number of hydrogen-bond donors (Lipinski definition) is 2. The molecule has 1 saturated heterocycles. The predicted molar refractivity (Wildman–Crippen MR) is 54.2 cm³/mol. The molecule has 0 bridgehead atoms. The Morgan fingerprint density at radius 3 is 2.87 bits per heavy atom. The molecule has 1 aromatic carbocycles. The number of halogens is 1. The summed E-state index contributed by atoms with van der Waals surface area (Å²) in [7, 11) is 0. The summed E-state index contributed by atoms with van der Waals surface area (Å²) < 4.78 is 13.0. The van der Waals surface area contributed by atoms with Crippen LogP contribution >= 0.6 is 0 Å². The number of nitriles is 1. The van der Waals surface area contributed by atoms with E-state index in [-0.39, 0.29) is 17.9 Å². The Labute approximate surface area is 87.9 Å². The van der Waals surface area contributed by atoms with Crippen LogP contribution < -0.4 is 10.9 Å². The fourth-order valence-electron chi connectivity index (χ4n) is 1.74. The van der Waals surface area contributed by atoms with Crippen molar-refractivity contribution in [3.05, 3.63) is 35.1 Å². The van der Waals surface area contributed by atoms with Gasteiger partial charge in [0.2, 0.25) is 0 Å². The van der Waals surface area contributed by atoms with Crippen molar-refractivity contribution in [3.63, 3.8) is 0 Å². The average molecular weight is 205 g/mol. The summed E-state index contributed by atoms with van der Waals surface area (Å²) >= 11 is 0. The van der Waals surface area contributed by atoms with Gasteiger partial charge in [-0.05, 0) is 30.5 Å². The summed E-state index contributed by atoms with van der Waals surface area (Å²) in [6.45, 7) is 1.74. The van der Waals surface area contributed by atoms with Crippen molar-refractivity contribution in [1.29, 1.82) is 5.26 Å². The van der Waals surface area contributed by atoms with Gasteiger partial charge in [-0.15, -0.1) is 0 Å². The quantitative estimate of drug-likeness (QED) is 0.731. The maximum atomic E-state index is 13.0. The van der Waals surface area contributed by atoms with Gasteiger partial charge in [0.1, 0.15) is 11.9 Å². The normalized spacial score (nSPS) is 25.1. The molecule has 0 amide bonds. The zero-order valence-corrected chi connectivity index (χ0v) is 8.42. The molecule has 0 radical (unpaired) electrons. The summed E-state index contributed by atoms with van der Waals surface area (Å²) in [4.78, 5) is 0. The molecule has 4 heteroatoms. The average Bonchev–Trinajstić information content (AvgIpc) is 2.70. The zero-order chi connectivity index (χ0) is 10.8. The van der Waals surface area contributed by atoms with E-state index in [0.717, 1.165) is 5.56 Å². The Morgan fingerprint density at radius 1 is 1.47 bits per heavy atom. The minimum atomic E-state index is -0.193. The first-order chi connectivity index (χ1) is 7.20. The van der Waals surface area contributed by atoms with Crippen LogP contribution in [0.25, 0.3) is 0 Å². The molecule has 1 aliphatic rings. The van der Waals surface area contributed by atoms with Crippen molar-refractivity contribution in [1.82, 2.24) is 10.9 Å². The third-order valence-corrected chi connectivity index (χ3v) is 2.64.